The fraction of sp³-hybridized carbons (Fsp3) is 0.444. The zero-order valence-electron chi connectivity index (χ0n) is 14.8. The number of rotatable bonds is 9. The van der Waals surface area contributed by atoms with Gasteiger partial charge in [-0.1, -0.05) is 6.07 Å². The lowest BCUT2D eigenvalue weighted by molar-refractivity contribution is -0.125. The molecule has 8 heteroatoms. The second-order valence-corrected chi connectivity index (χ2v) is 6.28. The molecule has 2 rings (SSSR count). The second-order valence-electron chi connectivity index (χ2n) is 6.28. The first-order chi connectivity index (χ1) is 12.5. The first kappa shape index (κ1) is 19.6. The summed E-state index contributed by atoms with van der Waals surface area (Å²) in [7, 11) is 0. The molecule has 1 aromatic carbocycles. The molecule has 8 nitrogen and oxygen atoms in total. The highest BCUT2D eigenvalue weighted by Gasteiger charge is 2.32. The summed E-state index contributed by atoms with van der Waals surface area (Å²) in [6.45, 7) is 2.68. The number of anilines is 1. The van der Waals surface area contributed by atoms with Gasteiger partial charge in [-0.3, -0.25) is 24.5 Å². The number of imide groups is 1. The molecule has 1 aliphatic heterocycles. The van der Waals surface area contributed by atoms with Gasteiger partial charge >= 0.3 is 0 Å². The average Bonchev–Trinajstić information content (AvgIpc) is 2.96. The molecule has 1 heterocycles. The van der Waals surface area contributed by atoms with Crippen LogP contribution in [0.2, 0.25) is 0 Å². The molecule has 1 aromatic rings. The van der Waals surface area contributed by atoms with E-state index in [0.29, 0.717) is 50.0 Å². The maximum atomic E-state index is 12.7. The van der Waals surface area contributed by atoms with E-state index in [0.717, 1.165) is 5.56 Å². The number of carbonyl (C=O) groups excluding carboxylic acids is 4. The van der Waals surface area contributed by atoms with E-state index in [4.69, 9.17) is 5.73 Å². The summed E-state index contributed by atoms with van der Waals surface area (Å²) < 4.78 is 0. The molecule has 0 fully saturated rings. The predicted octanol–water partition coefficient (Wildman–Crippen LogP) is 0.761. The Morgan fingerprint density at radius 1 is 1.31 bits per heavy atom. The van der Waals surface area contributed by atoms with Crippen LogP contribution in [0.5, 0.6) is 0 Å². The molecule has 0 radical (unpaired) electrons. The second kappa shape index (κ2) is 9.10. The molecule has 4 amide bonds. The van der Waals surface area contributed by atoms with E-state index in [1.54, 1.807) is 23.1 Å². The monoisotopic (exact) mass is 360 g/mol. The zero-order chi connectivity index (χ0) is 19.1. The molecule has 0 bridgehead atoms. The predicted molar refractivity (Wildman–Crippen MR) is 96.1 cm³/mol. The van der Waals surface area contributed by atoms with E-state index in [1.807, 2.05) is 6.92 Å². The lowest BCUT2D eigenvalue weighted by atomic mass is 10.1. The third-order valence-corrected chi connectivity index (χ3v) is 4.42. The van der Waals surface area contributed by atoms with Crippen molar-refractivity contribution in [1.82, 2.24) is 10.2 Å². The number of benzene rings is 1. The molecule has 1 aliphatic rings. The number of hydrogen-bond acceptors (Lipinski definition) is 5. The van der Waals surface area contributed by atoms with E-state index in [1.165, 1.54) is 0 Å². The highest BCUT2D eigenvalue weighted by Crippen LogP contribution is 2.31. The summed E-state index contributed by atoms with van der Waals surface area (Å²) in [5.74, 6) is -0.626. The van der Waals surface area contributed by atoms with Crippen molar-refractivity contribution in [1.29, 1.82) is 0 Å². The molecule has 1 atom stereocenters. The Hall–Kier alpha value is -2.74. The van der Waals surface area contributed by atoms with E-state index >= 15 is 0 Å². The Morgan fingerprint density at radius 2 is 2.08 bits per heavy atom. The topological polar surface area (TPSA) is 122 Å². The summed E-state index contributed by atoms with van der Waals surface area (Å²) in [6, 6.07) is 5.08. The van der Waals surface area contributed by atoms with Crippen LogP contribution in [0.4, 0.5) is 5.69 Å². The highest BCUT2D eigenvalue weighted by molar-refractivity contribution is 6.02. The molecule has 1 unspecified atom stereocenters. The average molecular weight is 360 g/mol. The van der Waals surface area contributed by atoms with Crippen molar-refractivity contribution >= 4 is 29.8 Å². The van der Waals surface area contributed by atoms with Gasteiger partial charge in [-0.15, -0.1) is 0 Å². The maximum Gasteiger partial charge on any atom is 0.254 e. The highest BCUT2D eigenvalue weighted by atomic mass is 16.2. The van der Waals surface area contributed by atoms with Gasteiger partial charge in [0.25, 0.3) is 5.91 Å². The molecular formula is C18H24N4O4. The molecule has 4 N–H and O–H groups in total. The molecule has 0 aromatic heterocycles. The first-order valence-corrected chi connectivity index (χ1v) is 8.63. The Bertz CT molecular complexity index is 704. The quantitative estimate of drug-likeness (QED) is 0.561. The summed E-state index contributed by atoms with van der Waals surface area (Å²) >= 11 is 0. The van der Waals surface area contributed by atoms with Crippen molar-refractivity contribution in [2.45, 2.75) is 45.2 Å². The third-order valence-electron chi connectivity index (χ3n) is 4.42. The third kappa shape index (κ3) is 4.66. The molecule has 26 heavy (non-hydrogen) atoms. The van der Waals surface area contributed by atoms with Crippen LogP contribution in [0.25, 0.3) is 0 Å². The van der Waals surface area contributed by atoms with Gasteiger partial charge in [-0.25, -0.2) is 0 Å². The van der Waals surface area contributed by atoms with Crippen LogP contribution >= 0.6 is 0 Å². The Balaban J connectivity index is 2.05. The van der Waals surface area contributed by atoms with Crippen LogP contribution in [0, 0.1) is 0 Å². The van der Waals surface area contributed by atoms with Crippen LogP contribution < -0.4 is 16.4 Å². The number of fused-ring (bicyclic) bond motifs is 1. The Kier molecular flexibility index (Phi) is 6.85. The largest absolute Gasteiger partial charge is 0.331 e. The van der Waals surface area contributed by atoms with Crippen LogP contribution in [0.1, 0.15) is 48.5 Å². The summed E-state index contributed by atoms with van der Waals surface area (Å²) in [5, 5.41) is 4.94. The van der Waals surface area contributed by atoms with E-state index in [9.17, 15) is 19.2 Å². The fourth-order valence-electron chi connectivity index (χ4n) is 2.94. The number of nitrogens with zero attached hydrogens (tertiary/aromatic N) is 1. The number of nitrogens with two attached hydrogens (primary N) is 1. The number of nitrogens with one attached hydrogen (secondary N) is 2. The van der Waals surface area contributed by atoms with Crippen molar-refractivity contribution in [2.24, 2.45) is 5.73 Å². The van der Waals surface area contributed by atoms with E-state index < -0.39 is 0 Å². The minimum Gasteiger partial charge on any atom is -0.331 e. The van der Waals surface area contributed by atoms with Gasteiger partial charge in [-0.05, 0) is 38.4 Å². The van der Waals surface area contributed by atoms with Gasteiger partial charge in [0, 0.05) is 42.2 Å². The van der Waals surface area contributed by atoms with Crippen LogP contribution in [-0.4, -0.2) is 41.6 Å². The molecular weight excluding hydrogens is 336 g/mol. The van der Waals surface area contributed by atoms with Crippen molar-refractivity contribution in [3.05, 3.63) is 29.3 Å². The normalized spacial score (nSPS) is 13.9. The first-order valence-electron chi connectivity index (χ1n) is 8.63. The minimum atomic E-state index is -0.371. The van der Waals surface area contributed by atoms with Gasteiger partial charge in [-0.2, -0.15) is 0 Å². The van der Waals surface area contributed by atoms with Crippen LogP contribution in [0.15, 0.2) is 18.2 Å². The summed E-state index contributed by atoms with van der Waals surface area (Å²) in [4.78, 5) is 48.0. The van der Waals surface area contributed by atoms with Crippen molar-refractivity contribution in [2.75, 3.05) is 11.9 Å². The van der Waals surface area contributed by atoms with Gasteiger partial charge in [0.2, 0.25) is 18.2 Å². The number of hydrogen-bond donors (Lipinski definition) is 3. The Labute approximate surface area is 152 Å². The SMILES string of the molecule is CC(CCC(=O)NC=O)N1Cc2c(NC(=O)CCCN)cccc2C1=O. The lowest BCUT2D eigenvalue weighted by Crippen LogP contribution is -2.34. The van der Waals surface area contributed by atoms with E-state index in [-0.39, 0.29) is 30.2 Å². The molecule has 0 spiro atoms. The van der Waals surface area contributed by atoms with Crippen LogP contribution in [-0.2, 0) is 20.9 Å². The Morgan fingerprint density at radius 3 is 2.77 bits per heavy atom. The number of carbonyl (C=O) groups is 4. The molecule has 140 valence electrons. The van der Waals surface area contributed by atoms with Gasteiger partial charge in [0.1, 0.15) is 0 Å². The van der Waals surface area contributed by atoms with Crippen molar-refractivity contribution in [3.8, 4) is 0 Å². The maximum absolute atomic E-state index is 12.7. The van der Waals surface area contributed by atoms with Gasteiger partial charge < -0.3 is 16.0 Å². The van der Waals surface area contributed by atoms with Crippen LogP contribution in [0.3, 0.4) is 0 Å². The molecule has 0 aliphatic carbocycles. The van der Waals surface area contributed by atoms with Gasteiger partial charge in [0.05, 0.1) is 0 Å². The standard InChI is InChI=1S/C18H24N4O4/c1-12(7-8-16(24)20-11-23)22-10-14-13(18(22)26)4-2-5-15(14)21-17(25)6-3-9-19/h2,4-5,11-12H,3,6-10,19H2,1H3,(H,21,25)(H,20,23,24). The smallest absolute Gasteiger partial charge is 0.254 e. The molecule has 0 saturated carbocycles. The minimum absolute atomic E-state index is 0.124. The summed E-state index contributed by atoms with van der Waals surface area (Å²) in [6.07, 6.45) is 1.88. The van der Waals surface area contributed by atoms with E-state index in [2.05, 4.69) is 10.6 Å². The fourth-order valence-corrected chi connectivity index (χ4v) is 2.94. The molecule has 0 saturated heterocycles. The summed E-state index contributed by atoms with van der Waals surface area (Å²) in [5.41, 5.74) is 7.39. The zero-order valence-corrected chi connectivity index (χ0v) is 14.8. The lowest BCUT2D eigenvalue weighted by Gasteiger charge is -2.24. The van der Waals surface area contributed by atoms with Gasteiger partial charge in [0.15, 0.2) is 0 Å². The van der Waals surface area contributed by atoms with Crippen molar-refractivity contribution < 1.29 is 19.2 Å². The number of amides is 4. The van der Waals surface area contributed by atoms with Crippen molar-refractivity contribution in [3.63, 3.8) is 0 Å².